The molecule has 0 aromatic heterocycles. The summed E-state index contributed by atoms with van der Waals surface area (Å²) >= 11 is 0. The predicted octanol–water partition coefficient (Wildman–Crippen LogP) is 4.15. The summed E-state index contributed by atoms with van der Waals surface area (Å²) in [5.74, 6) is -1.36. The van der Waals surface area contributed by atoms with E-state index in [0.29, 0.717) is 18.5 Å². The monoisotopic (exact) mass is 389 g/mol. The average molecular weight is 389 g/mol. The SMILES string of the molecule is O=C(O)c1cccc(CN2C(=O)[C@@]3(C[C@@H]3c3ccccc3F)C3C=CC=CC32)c1. The number of amides is 1. The van der Waals surface area contributed by atoms with Crippen LogP contribution in [0.25, 0.3) is 0 Å². The van der Waals surface area contributed by atoms with Gasteiger partial charge in [-0.25, -0.2) is 9.18 Å². The standard InChI is InChI=1S/C24H20FNO3/c25-20-10-3-1-8-17(20)19-13-24(19)18-9-2-4-11-21(18)26(23(24)29)14-15-6-5-7-16(12-15)22(27)28/h1-12,18-19,21H,13-14H2,(H,27,28)/t18?,19-,21?,24+/m1/s1. The van der Waals surface area contributed by atoms with Crippen molar-refractivity contribution in [3.05, 3.63) is 95.3 Å². The normalized spacial score (nSPS) is 29.3. The number of likely N-dealkylation sites (tertiary alicyclic amines) is 1. The average Bonchev–Trinajstić information content (AvgIpc) is 3.43. The van der Waals surface area contributed by atoms with Gasteiger partial charge in [0.25, 0.3) is 0 Å². The first-order chi connectivity index (χ1) is 14.0. The van der Waals surface area contributed by atoms with Crippen LogP contribution in [0.5, 0.6) is 0 Å². The Morgan fingerprint density at radius 3 is 2.72 bits per heavy atom. The molecular formula is C24H20FNO3. The van der Waals surface area contributed by atoms with Gasteiger partial charge in [-0.1, -0.05) is 54.6 Å². The van der Waals surface area contributed by atoms with Gasteiger partial charge in [-0.15, -0.1) is 0 Å². The van der Waals surface area contributed by atoms with Crippen molar-refractivity contribution < 1.29 is 19.1 Å². The molecule has 4 atom stereocenters. The number of aromatic carboxylic acids is 1. The Kier molecular flexibility index (Phi) is 3.95. The summed E-state index contributed by atoms with van der Waals surface area (Å²) in [5, 5.41) is 9.25. The predicted molar refractivity (Wildman–Crippen MR) is 106 cm³/mol. The molecule has 1 saturated carbocycles. The van der Waals surface area contributed by atoms with Gasteiger partial charge in [0, 0.05) is 18.4 Å². The van der Waals surface area contributed by atoms with Crippen LogP contribution in [0, 0.1) is 17.2 Å². The minimum absolute atomic E-state index is 0.00716. The van der Waals surface area contributed by atoms with Crippen LogP contribution in [-0.4, -0.2) is 27.9 Å². The first kappa shape index (κ1) is 17.9. The summed E-state index contributed by atoms with van der Waals surface area (Å²) in [6.07, 6.45) is 8.63. The van der Waals surface area contributed by atoms with Gasteiger partial charge < -0.3 is 10.0 Å². The number of fused-ring (bicyclic) bond motifs is 2. The molecule has 5 heteroatoms. The van der Waals surface area contributed by atoms with Crippen molar-refractivity contribution in [1.82, 2.24) is 4.90 Å². The van der Waals surface area contributed by atoms with Crippen LogP contribution in [0.2, 0.25) is 0 Å². The number of hydrogen-bond donors (Lipinski definition) is 1. The molecule has 2 aromatic rings. The van der Waals surface area contributed by atoms with E-state index in [0.717, 1.165) is 5.56 Å². The zero-order valence-electron chi connectivity index (χ0n) is 15.7. The fourth-order valence-electron chi connectivity index (χ4n) is 5.12. The van der Waals surface area contributed by atoms with E-state index in [4.69, 9.17) is 0 Å². The van der Waals surface area contributed by atoms with Crippen LogP contribution in [0.3, 0.4) is 0 Å². The molecule has 2 unspecified atom stereocenters. The Bertz CT molecular complexity index is 1080. The highest BCUT2D eigenvalue weighted by Crippen LogP contribution is 2.69. The maximum Gasteiger partial charge on any atom is 0.335 e. The summed E-state index contributed by atoms with van der Waals surface area (Å²) in [6.45, 7) is 0.338. The number of allylic oxidation sites excluding steroid dienone is 2. The quantitative estimate of drug-likeness (QED) is 0.855. The Balaban J connectivity index is 1.49. The third kappa shape index (κ3) is 2.64. The minimum atomic E-state index is -0.990. The zero-order valence-corrected chi connectivity index (χ0v) is 15.7. The Hall–Kier alpha value is -3.21. The summed E-state index contributed by atoms with van der Waals surface area (Å²) in [5.41, 5.74) is 0.978. The molecule has 5 rings (SSSR count). The molecule has 1 saturated heterocycles. The maximum atomic E-state index is 14.4. The number of carboxylic acid groups (broad SMARTS) is 1. The smallest absolute Gasteiger partial charge is 0.335 e. The van der Waals surface area contributed by atoms with Gasteiger partial charge >= 0.3 is 5.97 Å². The van der Waals surface area contributed by atoms with Gasteiger partial charge in [-0.3, -0.25) is 4.79 Å². The number of carbonyl (C=O) groups excluding carboxylic acids is 1. The minimum Gasteiger partial charge on any atom is -0.478 e. The number of hydrogen-bond acceptors (Lipinski definition) is 2. The van der Waals surface area contributed by atoms with E-state index in [1.165, 1.54) is 6.07 Å². The molecule has 4 nitrogen and oxygen atoms in total. The largest absolute Gasteiger partial charge is 0.478 e. The molecule has 3 aliphatic rings. The van der Waals surface area contributed by atoms with Crippen molar-refractivity contribution in [3.8, 4) is 0 Å². The number of rotatable bonds is 4. The molecule has 0 bridgehead atoms. The van der Waals surface area contributed by atoms with E-state index in [1.807, 2.05) is 35.3 Å². The fraction of sp³-hybridized carbons (Fsp3) is 0.250. The molecule has 2 aromatic carbocycles. The topological polar surface area (TPSA) is 57.6 Å². The fourth-order valence-corrected chi connectivity index (χ4v) is 5.12. The van der Waals surface area contributed by atoms with Gasteiger partial charge in [0.15, 0.2) is 0 Å². The lowest BCUT2D eigenvalue weighted by Crippen LogP contribution is -2.33. The van der Waals surface area contributed by atoms with Crippen molar-refractivity contribution in [1.29, 1.82) is 0 Å². The molecule has 2 fully saturated rings. The number of carboxylic acids is 1. The number of carbonyl (C=O) groups is 2. The zero-order chi connectivity index (χ0) is 20.2. The van der Waals surface area contributed by atoms with E-state index < -0.39 is 11.4 Å². The van der Waals surface area contributed by atoms with E-state index >= 15 is 0 Å². The first-order valence-electron chi connectivity index (χ1n) is 9.75. The Morgan fingerprint density at radius 2 is 1.93 bits per heavy atom. The van der Waals surface area contributed by atoms with E-state index in [2.05, 4.69) is 6.08 Å². The highest BCUT2D eigenvalue weighted by atomic mass is 19.1. The van der Waals surface area contributed by atoms with Gasteiger partial charge in [0.05, 0.1) is 17.0 Å². The number of benzene rings is 2. The molecule has 29 heavy (non-hydrogen) atoms. The van der Waals surface area contributed by atoms with Gasteiger partial charge in [0.2, 0.25) is 5.91 Å². The van der Waals surface area contributed by atoms with Crippen LogP contribution in [0.1, 0.15) is 33.8 Å². The number of nitrogens with zero attached hydrogens (tertiary/aromatic N) is 1. The Morgan fingerprint density at radius 1 is 1.14 bits per heavy atom. The summed E-state index contributed by atoms with van der Waals surface area (Å²) in [4.78, 5) is 26.7. The molecule has 146 valence electrons. The maximum absolute atomic E-state index is 14.4. The Labute approximate surface area is 168 Å². The second-order valence-electron chi connectivity index (χ2n) is 8.04. The van der Waals surface area contributed by atoms with E-state index in [-0.39, 0.29) is 35.2 Å². The van der Waals surface area contributed by atoms with Crippen LogP contribution in [0.4, 0.5) is 4.39 Å². The van der Waals surface area contributed by atoms with Gasteiger partial charge in [-0.05, 0) is 35.7 Å². The van der Waals surface area contributed by atoms with Crippen molar-refractivity contribution in [3.63, 3.8) is 0 Å². The molecule has 0 radical (unpaired) electrons. The summed E-state index contributed by atoms with van der Waals surface area (Å²) < 4.78 is 14.4. The molecule has 2 aliphatic carbocycles. The lowest BCUT2D eigenvalue weighted by atomic mass is 9.82. The van der Waals surface area contributed by atoms with Crippen molar-refractivity contribution in [2.75, 3.05) is 0 Å². The summed E-state index contributed by atoms with van der Waals surface area (Å²) in [6, 6.07) is 13.3. The van der Waals surface area contributed by atoms with E-state index in [1.54, 1.807) is 30.3 Å². The molecule has 1 aliphatic heterocycles. The summed E-state index contributed by atoms with van der Waals surface area (Å²) in [7, 11) is 0. The van der Waals surface area contributed by atoms with Crippen LogP contribution < -0.4 is 0 Å². The van der Waals surface area contributed by atoms with E-state index in [9.17, 15) is 19.1 Å². The lowest BCUT2D eigenvalue weighted by molar-refractivity contribution is -0.133. The van der Waals surface area contributed by atoms with Crippen LogP contribution in [0.15, 0.2) is 72.8 Å². The highest BCUT2D eigenvalue weighted by Gasteiger charge is 2.71. The van der Waals surface area contributed by atoms with Crippen LogP contribution in [-0.2, 0) is 11.3 Å². The first-order valence-corrected chi connectivity index (χ1v) is 9.75. The third-order valence-electron chi connectivity index (χ3n) is 6.53. The van der Waals surface area contributed by atoms with Crippen LogP contribution >= 0.6 is 0 Å². The molecular weight excluding hydrogens is 369 g/mol. The molecule has 1 spiro atoms. The number of halogens is 1. The van der Waals surface area contributed by atoms with Gasteiger partial charge in [-0.2, -0.15) is 0 Å². The molecule has 1 N–H and O–H groups in total. The molecule has 1 heterocycles. The molecule has 1 amide bonds. The van der Waals surface area contributed by atoms with Crippen molar-refractivity contribution in [2.24, 2.45) is 11.3 Å². The highest BCUT2D eigenvalue weighted by molar-refractivity contribution is 5.92. The van der Waals surface area contributed by atoms with Gasteiger partial charge in [0.1, 0.15) is 5.82 Å². The third-order valence-corrected chi connectivity index (χ3v) is 6.53. The van der Waals surface area contributed by atoms with Crippen molar-refractivity contribution in [2.45, 2.75) is 24.9 Å². The van der Waals surface area contributed by atoms with Crippen molar-refractivity contribution >= 4 is 11.9 Å². The second-order valence-corrected chi connectivity index (χ2v) is 8.04. The lowest BCUT2D eigenvalue weighted by Gasteiger charge is -2.26. The second kappa shape index (κ2) is 6.41.